The third-order valence-corrected chi connectivity index (χ3v) is 3.39. The van der Waals surface area contributed by atoms with E-state index in [0.29, 0.717) is 0 Å². The van der Waals surface area contributed by atoms with Crippen LogP contribution >= 0.6 is 22.7 Å². The quantitative estimate of drug-likeness (QED) is 0.605. The summed E-state index contributed by atoms with van der Waals surface area (Å²) in [5, 5.41) is 2.03. The third kappa shape index (κ3) is 2.73. The molecule has 0 bridgehead atoms. The molecule has 0 N–H and O–H groups in total. The first-order chi connectivity index (χ1) is 7.38. The summed E-state index contributed by atoms with van der Waals surface area (Å²) in [6, 6.07) is 8.07. The van der Waals surface area contributed by atoms with E-state index in [0.717, 1.165) is 14.6 Å². The van der Waals surface area contributed by atoms with E-state index in [2.05, 4.69) is 23.7 Å². The minimum absolute atomic E-state index is 1.07. The molecule has 15 heavy (non-hydrogen) atoms. The van der Waals surface area contributed by atoms with Crippen LogP contribution in [-0.4, -0.2) is 0 Å². The van der Waals surface area contributed by atoms with Gasteiger partial charge in [-0.1, -0.05) is 12.0 Å². The van der Waals surface area contributed by atoms with E-state index in [1.165, 1.54) is 0 Å². The maximum Gasteiger partial charge on any atom is 0.0785 e. The fourth-order valence-electron chi connectivity index (χ4n) is 1.07. The molecule has 0 amide bonds. The highest BCUT2D eigenvalue weighted by Gasteiger charge is 1.93. The van der Waals surface area contributed by atoms with E-state index in [-0.39, 0.29) is 0 Å². The van der Waals surface area contributed by atoms with Gasteiger partial charge in [0, 0.05) is 0 Å². The van der Waals surface area contributed by atoms with E-state index in [9.17, 15) is 0 Å². The Kier molecular flexibility index (Phi) is 3.25. The molecule has 0 fully saturated rings. The van der Waals surface area contributed by atoms with E-state index < -0.39 is 0 Å². The zero-order valence-corrected chi connectivity index (χ0v) is 9.84. The highest BCUT2D eigenvalue weighted by Crippen LogP contribution is 2.14. The fraction of sp³-hybridized carbons (Fsp3) is 0.0769. The molecule has 0 nitrogen and oxygen atoms in total. The van der Waals surface area contributed by atoms with Crippen LogP contribution < -0.4 is 0 Å². The molecular formula is C13H8S2. The van der Waals surface area contributed by atoms with Gasteiger partial charge in [0.05, 0.1) is 14.6 Å². The normalized spacial score (nSPS) is 8.60. The Balaban J connectivity index is 2.20. The smallest absolute Gasteiger partial charge is 0.0785 e. The van der Waals surface area contributed by atoms with Gasteiger partial charge in [0.15, 0.2) is 0 Å². The Morgan fingerprint density at radius 2 is 1.67 bits per heavy atom. The first-order valence-corrected chi connectivity index (χ1v) is 6.16. The second-order valence-electron chi connectivity index (χ2n) is 2.77. The van der Waals surface area contributed by atoms with Gasteiger partial charge in [0.25, 0.3) is 0 Å². The van der Waals surface area contributed by atoms with Crippen LogP contribution in [0.1, 0.15) is 21.6 Å². The zero-order valence-electron chi connectivity index (χ0n) is 8.20. The molecule has 2 aromatic rings. The molecule has 0 aromatic carbocycles. The van der Waals surface area contributed by atoms with E-state index >= 15 is 0 Å². The van der Waals surface area contributed by atoms with Crippen molar-refractivity contribution >= 4 is 22.7 Å². The van der Waals surface area contributed by atoms with Gasteiger partial charge in [-0.25, -0.2) is 0 Å². The molecule has 2 heterocycles. The van der Waals surface area contributed by atoms with Gasteiger partial charge in [0.1, 0.15) is 0 Å². The highest BCUT2D eigenvalue weighted by atomic mass is 32.1. The molecule has 0 aliphatic carbocycles. The summed E-state index contributed by atoms with van der Waals surface area (Å²) < 4.78 is 0. The maximum absolute atomic E-state index is 3.14. The summed E-state index contributed by atoms with van der Waals surface area (Å²) in [4.78, 5) is 3.25. The van der Waals surface area contributed by atoms with Crippen molar-refractivity contribution in [3.05, 3.63) is 44.3 Å². The Morgan fingerprint density at radius 3 is 2.33 bits per heavy atom. The first-order valence-electron chi connectivity index (χ1n) is 4.46. The first kappa shape index (κ1) is 10.1. The lowest BCUT2D eigenvalue weighted by atomic mass is 10.4. The van der Waals surface area contributed by atoms with Crippen LogP contribution in [0.4, 0.5) is 0 Å². The minimum atomic E-state index is 1.07. The summed E-state index contributed by atoms with van der Waals surface area (Å²) in [7, 11) is 0. The molecule has 72 valence electrons. The fourth-order valence-corrected chi connectivity index (χ4v) is 2.40. The largest absolute Gasteiger partial charge is 0.135 e. The van der Waals surface area contributed by atoms with Gasteiger partial charge in [-0.2, -0.15) is 0 Å². The van der Waals surface area contributed by atoms with E-state index in [4.69, 9.17) is 0 Å². The summed E-state index contributed by atoms with van der Waals surface area (Å²) in [5.74, 6) is 12.2. The zero-order chi connectivity index (χ0) is 10.5. The second kappa shape index (κ2) is 4.84. The molecule has 0 aliphatic heterocycles. The molecule has 2 rings (SSSR count). The topological polar surface area (TPSA) is 0 Å². The SMILES string of the molecule is CC#Cc1ccc(C#Cc2cccs2)s1. The van der Waals surface area contributed by atoms with Gasteiger partial charge in [-0.05, 0) is 42.3 Å². The second-order valence-corrected chi connectivity index (χ2v) is 4.80. The van der Waals surface area contributed by atoms with Crippen LogP contribution in [-0.2, 0) is 0 Å². The van der Waals surface area contributed by atoms with Gasteiger partial charge >= 0.3 is 0 Å². The van der Waals surface area contributed by atoms with Crippen LogP contribution in [0.3, 0.4) is 0 Å². The molecule has 0 aliphatic rings. The lowest BCUT2D eigenvalue weighted by Crippen LogP contribution is -1.62. The Bertz CT molecular complexity index is 551. The van der Waals surface area contributed by atoms with E-state index in [1.54, 1.807) is 22.7 Å². The van der Waals surface area contributed by atoms with Gasteiger partial charge in [-0.3, -0.25) is 0 Å². The summed E-state index contributed by atoms with van der Waals surface area (Å²) >= 11 is 3.30. The van der Waals surface area contributed by atoms with Crippen LogP contribution in [0.15, 0.2) is 29.6 Å². The summed E-state index contributed by atoms with van der Waals surface area (Å²) in [6.45, 7) is 1.84. The van der Waals surface area contributed by atoms with Crippen molar-refractivity contribution < 1.29 is 0 Å². The van der Waals surface area contributed by atoms with Crippen molar-refractivity contribution in [3.63, 3.8) is 0 Å². The maximum atomic E-state index is 3.14. The van der Waals surface area contributed by atoms with Crippen molar-refractivity contribution in [2.75, 3.05) is 0 Å². The molecular weight excluding hydrogens is 220 g/mol. The Labute approximate surface area is 97.6 Å². The van der Waals surface area contributed by atoms with Gasteiger partial charge in [-0.15, -0.1) is 28.6 Å². The molecule has 0 saturated carbocycles. The van der Waals surface area contributed by atoms with Crippen LogP contribution in [0.2, 0.25) is 0 Å². The number of thiophene rings is 2. The predicted molar refractivity (Wildman–Crippen MR) is 67.2 cm³/mol. The highest BCUT2D eigenvalue weighted by molar-refractivity contribution is 7.13. The standard InChI is InChI=1S/C13H8S2/c1-2-4-12-8-9-13(15-12)7-6-11-5-3-10-14-11/h3,5,8-10H,1H3. The molecule has 0 radical (unpaired) electrons. The predicted octanol–water partition coefficient (Wildman–Crippen LogP) is 3.58. The number of rotatable bonds is 0. The monoisotopic (exact) mass is 228 g/mol. The molecule has 0 unspecified atom stereocenters. The summed E-state index contributed by atoms with van der Waals surface area (Å²) in [6.07, 6.45) is 0. The molecule has 2 heteroatoms. The van der Waals surface area contributed by atoms with Crippen LogP contribution in [0, 0.1) is 23.7 Å². The van der Waals surface area contributed by atoms with Crippen molar-refractivity contribution in [1.82, 2.24) is 0 Å². The van der Waals surface area contributed by atoms with Crippen LogP contribution in [0.5, 0.6) is 0 Å². The molecule has 0 saturated heterocycles. The lowest BCUT2D eigenvalue weighted by Gasteiger charge is -1.77. The van der Waals surface area contributed by atoms with Crippen molar-refractivity contribution in [3.8, 4) is 23.7 Å². The molecule has 0 atom stereocenters. The molecule has 2 aromatic heterocycles. The lowest BCUT2D eigenvalue weighted by molar-refractivity contribution is 1.85. The Morgan fingerprint density at radius 1 is 0.933 bits per heavy atom. The molecule has 0 spiro atoms. The number of hydrogen-bond donors (Lipinski definition) is 0. The van der Waals surface area contributed by atoms with E-state index in [1.807, 2.05) is 36.6 Å². The van der Waals surface area contributed by atoms with Crippen LogP contribution in [0.25, 0.3) is 0 Å². The minimum Gasteiger partial charge on any atom is -0.135 e. The van der Waals surface area contributed by atoms with Gasteiger partial charge in [0.2, 0.25) is 0 Å². The Hall–Kier alpha value is -1.48. The van der Waals surface area contributed by atoms with Crippen molar-refractivity contribution in [2.24, 2.45) is 0 Å². The number of hydrogen-bond acceptors (Lipinski definition) is 2. The van der Waals surface area contributed by atoms with Gasteiger partial charge < -0.3 is 0 Å². The van der Waals surface area contributed by atoms with Crippen molar-refractivity contribution in [2.45, 2.75) is 6.92 Å². The third-order valence-electron chi connectivity index (χ3n) is 1.68. The average molecular weight is 228 g/mol. The van der Waals surface area contributed by atoms with Crippen molar-refractivity contribution in [1.29, 1.82) is 0 Å². The average Bonchev–Trinajstić information content (AvgIpc) is 2.85. The summed E-state index contributed by atoms with van der Waals surface area (Å²) in [5.41, 5.74) is 0.